The predicted molar refractivity (Wildman–Crippen MR) is 147 cm³/mol. The summed E-state index contributed by atoms with van der Waals surface area (Å²) in [4.78, 5) is 0. The van der Waals surface area contributed by atoms with E-state index in [9.17, 15) is 0 Å². The van der Waals surface area contributed by atoms with Crippen LogP contribution in [-0.2, 0) is 26.2 Å². The fraction of sp³-hybridized carbons (Fsp3) is 0.344. The van der Waals surface area contributed by atoms with Crippen LogP contribution in [0.4, 0.5) is 0 Å². The van der Waals surface area contributed by atoms with Crippen LogP contribution in [0.15, 0.2) is 76.9 Å². The zero-order valence-corrected chi connectivity index (χ0v) is 27.2. The molecule has 37 heavy (non-hydrogen) atoms. The molecule has 1 atom stereocenters. The summed E-state index contributed by atoms with van der Waals surface area (Å²) in [6.07, 6.45) is 8.80. The minimum absolute atomic E-state index is 0. The summed E-state index contributed by atoms with van der Waals surface area (Å²) < 4.78 is 5.53. The third-order valence-corrected chi connectivity index (χ3v) is 12.7. The van der Waals surface area contributed by atoms with Crippen LogP contribution in [0.1, 0.15) is 72.9 Å². The molecule has 5 heteroatoms. The second-order valence-corrected chi connectivity index (χ2v) is 15.7. The summed E-state index contributed by atoms with van der Waals surface area (Å²) in [5.41, 5.74) is 9.31. The van der Waals surface area contributed by atoms with Crippen molar-refractivity contribution < 1.29 is 55.4 Å². The van der Waals surface area contributed by atoms with Crippen molar-refractivity contribution in [1.82, 2.24) is 0 Å². The van der Waals surface area contributed by atoms with Gasteiger partial charge >= 0.3 is 26.2 Å². The van der Waals surface area contributed by atoms with E-state index in [4.69, 9.17) is 4.42 Å². The summed E-state index contributed by atoms with van der Waals surface area (Å²) in [7, 11) is -1.08. The van der Waals surface area contributed by atoms with Gasteiger partial charge in [-0.15, -0.1) is 34.5 Å². The van der Waals surface area contributed by atoms with Crippen LogP contribution < -0.4 is 24.8 Å². The first kappa shape index (κ1) is 30.3. The van der Waals surface area contributed by atoms with E-state index in [2.05, 4.69) is 87.6 Å². The molecule has 0 spiro atoms. The van der Waals surface area contributed by atoms with E-state index in [0.717, 1.165) is 5.92 Å². The Bertz CT molecular complexity index is 1390. The molecule has 2 bridgehead atoms. The van der Waals surface area contributed by atoms with Crippen LogP contribution in [0.2, 0.25) is 13.1 Å². The monoisotopic (exact) mass is 623 g/mol. The van der Waals surface area contributed by atoms with Gasteiger partial charge in [0.1, 0.15) is 5.76 Å². The van der Waals surface area contributed by atoms with Crippen molar-refractivity contribution in [3.05, 3.63) is 95.0 Å². The van der Waals surface area contributed by atoms with Crippen molar-refractivity contribution in [2.75, 3.05) is 0 Å². The number of allylic oxidation sites excluding steroid dienone is 1. The number of hydrogen-bond donors (Lipinski definition) is 0. The van der Waals surface area contributed by atoms with Gasteiger partial charge in [0.15, 0.2) is 0 Å². The molecule has 3 heterocycles. The van der Waals surface area contributed by atoms with E-state index in [1.165, 1.54) is 76.5 Å². The second kappa shape index (κ2) is 11.9. The first-order chi connectivity index (χ1) is 16.4. The Morgan fingerprint density at radius 1 is 0.865 bits per heavy atom. The molecular weight excluding hydrogens is 591 g/mol. The molecule has 1 fully saturated rings. The first-order valence-electron chi connectivity index (χ1n) is 13.0. The Balaban J connectivity index is 0.000000217. The number of benzene rings is 2. The van der Waals surface area contributed by atoms with Crippen molar-refractivity contribution in [2.24, 2.45) is 0 Å². The van der Waals surface area contributed by atoms with Gasteiger partial charge in [0, 0.05) is 11.1 Å². The van der Waals surface area contributed by atoms with Crippen molar-refractivity contribution in [3.63, 3.8) is 0 Å². The van der Waals surface area contributed by atoms with E-state index in [-0.39, 0.29) is 51.0 Å². The molecule has 0 N–H and O–H groups in total. The van der Waals surface area contributed by atoms with Gasteiger partial charge in [-0.2, -0.15) is 6.07 Å². The third kappa shape index (κ3) is 5.19. The number of fused-ring (bicyclic) bond motifs is 1. The summed E-state index contributed by atoms with van der Waals surface area (Å²) in [5.74, 6) is 2.05. The molecule has 2 aliphatic heterocycles. The smallest absolute Gasteiger partial charge is 1.00 e. The van der Waals surface area contributed by atoms with Crippen molar-refractivity contribution >= 4 is 24.0 Å². The Kier molecular flexibility index (Phi) is 9.72. The molecule has 0 saturated heterocycles. The van der Waals surface area contributed by atoms with E-state index < -0.39 is 8.07 Å². The number of aryl methyl sites for hydroxylation is 1. The predicted octanol–water partition coefficient (Wildman–Crippen LogP) is 3.54. The molecule has 1 unspecified atom stereocenters. The van der Waals surface area contributed by atoms with Gasteiger partial charge < -0.3 is 29.2 Å². The molecule has 4 aromatic rings. The van der Waals surface area contributed by atoms with Gasteiger partial charge in [0.25, 0.3) is 0 Å². The van der Waals surface area contributed by atoms with Crippen molar-refractivity contribution in [2.45, 2.75) is 70.5 Å². The van der Waals surface area contributed by atoms with Crippen molar-refractivity contribution in [1.29, 1.82) is 0 Å². The average molecular weight is 626 g/mol. The number of rotatable bonds is 2. The topological polar surface area (TPSA) is 13.1 Å². The fourth-order valence-electron chi connectivity index (χ4n) is 7.10. The van der Waals surface area contributed by atoms with Gasteiger partial charge in [-0.1, -0.05) is 80.7 Å². The Morgan fingerprint density at radius 3 is 2.22 bits per heavy atom. The molecule has 1 saturated carbocycles. The average Bonchev–Trinajstić information content (AvgIpc) is 3.56. The molecule has 4 aliphatic rings. The summed E-state index contributed by atoms with van der Waals surface area (Å²) in [5, 5.41) is 4.40. The first-order valence-corrected chi connectivity index (χ1v) is 16.1. The number of halogens is 2. The van der Waals surface area contributed by atoms with Crippen LogP contribution >= 0.6 is 0 Å². The van der Waals surface area contributed by atoms with Gasteiger partial charge in [-0.25, -0.2) is 0 Å². The van der Waals surface area contributed by atoms with Crippen LogP contribution in [0, 0.1) is 6.92 Å². The maximum atomic E-state index is 5.53. The molecular formula is C32H35Cl2OSiZr. The Labute approximate surface area is 254 Å². The van der Waals surface area contributed by atoms with E-state index in [1.54, 1.807) is 10.8 Å². The van der Waals surface area contributed by atoms with Crippen LogP contribution in [0.5, 0.6) is 0 Å². The van der Waals surface area contributed by atoms with E-state index in [0.29, 0.717) is 5.54 Å². The van der Waals surface area contributed by atoms with Crippen molar-refractivity contribution in [3.8, 4) is 11.1 Å². The van der Waals surface area contributed by atoms with Crippen LogP contribution in [0.25, 0.3) is 27.1 Å². The second-order valence-electron chi connectivity index (χ2n) is 11.2. The minimum Gasteiger partial charge on any atom is -1.00 e. The molecule has 191 valence electrons. The van der Waals surface area contributed by atoms with Gasteiger partial charge in [0.05, 0.1) is 14.3 Å². The quantitative estimate of drug-likeness (QED) is 0.246. The maximum Gasteiger partial charge on any atom is 3.00 e. The van der Waals surface area contributed by atoms with Gasteiger partial charge in [-0.3, -0.25) is 0 Å². The Hall–Kier alpha value is -1.25. The van der Waals surface area contributed by atoms with Crippen LogP contribution in [-0.4, -0.2) is 8.07 Å². The molecule has 0 amide bonds. The summed E-state index contributed by atoms with van der Waals surface area (Å²) >= 11 is 0. The number of hydrogen-bond acceptors (Lipinski definition) is 1. The fourth-order valence-corrected chi connectivity index (χ4v) is 11.3. The summed E-state index contributed by atoms with van der Waals surface area (Å²) in [6.45, 7) is 9.31. The standard InChI is InChI=1S/C22H23.C10H12OSi.2ClH.Zr/c1-16-14-20-8-5-9-21(22(20)15-16)19-12-10-18(11-13-19)17-6-3-2-4-7-17;1-6-9-7-4-5-11-8(7)10(6)12(9,2)3;;;/h5,8-15,17H,2-4,6-7H2,1H3;4-5,10H,1-3H3;2*1H;/q-1;;;;+3/p-2. The zero-order chi connectivity index (χ0) is 23.4. The minimum atomic E-state index is -1.08. The molecule has 1 nitrogen and oxygen atoms in total. The SMILES string of the molecule is CC1=C2c3ccoc3C1[Si]2(C)C.Cc1cc2c(-c3ccc(C4CCCCC4)cc3)cccc2[cH-]1.[Cl-].[Cl-].[Zr+3]. The molecule has 8 rings (SSSR count). The molecule has 2 aliphatic carbocycles. The zero-order valence-electron chi connectivity index (χ0n) is 22.2. The Morgan fingerprint density at radius 2 is 1.57 bits per heavy atom. The van der Waals surface area contributed by atoms with E-state index >= 15 is 0 Å². The maximum absolute atomic E-state index is 5.53. The van der Waals surface area contributed by atoms with Crippen LogP contribution in [0.3, 0.4) is 0 Å². The largest absolute Gasteiger partial charge is 3.00 e. The third-order valence-electron chi connectivity index (χ3n) is 8.61. The molecule has 1 aromatic heterocycles. The van der Waals surface area contributed by atoms with E-state index in [1.807, 2.05) is 6.26 Å². The normalized spacial score (nSPS) is 19.0. The molecule has 1 radical (unpaired) electrons. The van der Waals surface area contributed by atoms with Gasteiger partial charge in [0.2, 0.25) is 0 Å². The number of furan rings is 1. The summed E-state index contributed by atoms with van der Waals surface area (Å²) in [6, 6.07) is 22.7. The molecule has 3 aromatic carbocycles. The van der Waals surface area contributed by atoms with Gasteiger partial charge in [-0.05, 0) is 48.1 Å².